The monoisotopic (exact) mass is 298 g/mol. The summed E-state index contributed by atoms with van der Waals surface area (Å²) in [5, 5.41) is 0. The molecule has 0 bridgehead atoms. The molecule has 0 N–H and O–H groups in total. The van der Waals surface area contributed by atoms with Gasteiger partial charge in [-0.15, -0.1) is 0 Å². The molecule has 0 aromatic heterocycles. The van der Waals surface area contributed by atoms with Crippen molar-refractivity contribution in [1.29, 1.82) is 0 Å². The first-order valence-corrected chi connectivity index (χ1v) is 0. The third kappa shape index (κ3) is 62.7. The molecular formula is Mg2S5Sc2. The zero-order valence-electron chi connectivity index (χ0n) is 4.61. The molecule has 0 atom stereocenters. The fraction of sp³-hybridized carbons (Fsp3) is 0. The molecule has 9 heavy (non-hydrogen) atoms. The van der Waals surface area contributed by atoms with Crippen molar-refractivity contribution in [2.24, 2.45) is 0 Å². The molecule has 0 unspecified atom stereocenters. The Balaban J connectivity index is 0. The zero-order chi connectivity index (χ0) is 0. The van der Waals surface area contributed by atoms with Gasteiger partial charge in [-0.25, -0.2) is 0 Å². The molecule has 0 aliphatic rings. The summed E-state index contributed by atoms with van der Waals surface area (Å²) in [6.07, 6.45) is 0. The first-order chi connectivity index (χ1) is 0. The van der Waals surface area contributed by atoms with E-state index in [9.17, 15) is 0 Å². The van der Waals surface area contributed by atoms with Crippen LogP contribution in [0.2, 0.25) is 0 Å². The molecule has 0 nitrogen and oxygen atoms in total. The van der Waals surface area contributed by atoms with E-state index in [2.05, 4.69) is 0 Å². The summed E-state index contributed by atoms with van der Waals surface area (Å²) in [5.41, 5.74) is 0. The fourth-order valence-electron chi connectivity index (χ4n) is 0. The molecule has 0 fully saturated rings. The van der Waals surface area contributed by atoms with Gasteiger partial charge < -0.3 is 67.5 Å². The van der Waals surface area contributed by atoms with E-state index in [-0.39, 0.29) is 165 Å². The average molecular weight is 299 g/mol. The predicted molar refractivity (Wildman–Crippen MR) is 48.3 cm³/mol. The average Bonchev–Trinajstić information content (AvgIpc) is 0. The Bertz CT molecular complexity index is 12.9. The van der Waals surface area contributed by atoms with Crippen molar-refractivity contribution in [2.45, 2.75) is 0 Å². The van der Waals surface area contributed by atoms with Crippen LogP contribution in [0.25, 0.3) is 0 Å². The maximum Gasteiger partial charge on any atom is 3.00 e. The largest absolute Gasteiger partial charge is 3.00 e. The maximum atomic E-state index is 0. The van der Waals surface area contributed by atoms with Gasteiger partial charge in [0.15, 0.2) is 0 Å². The fourth-order valence-corrected chi connectivity index (χ4v) is 0. The standard InChI is InChI=1S/2Mg.5S.2Sc/q2*+2;5*-2;2*+3. The minimum atomic E-state index is 0. The topological polar surface area (TPSA) is 0 Å². The van der Waals surface area contributed by atoms with Crippen LogP contribution in [-0.4, -0.2) is 46.1 Å². The first kappa shape index (κ1) is 94.3. The van der Waals surface area contributed by atoms with Gasteiger partial charge in [0.25, 0.3) is 0 Å². The van der Waals surface area contributed by atoms with Crippen molar-refractivity contribution in [3.8, 4) is 0 Å². The van der Waals surface area contributed by atoms with Crippen molar-refractivity contribution in [3.63, 3.8) is 0 Å². The smallest absolute Gasteiger partial charge is 2.00 e. The molecule has 9 heteroatoms. The van der Waals surface area contributed by atoms with Crippen LogP contribution in [0.15, 0.2) is 0 Å². The van der Waals surface area contributed by atoms with Crippen molar-refractivity contribution in [3.05, 3.63) is 0 Å². The molecule has 0 saturated heterocycles. The van der Waals surface area contributed by atoms with E-state index in [4.69, 9.17) is 0 Å². The van der Waals surface area contributed by atoms with E-state index in [0.717, 1.165) is 0 Å². The Morgan fingerprint density at radius 1 is 0.333 bits per heavy atom. The maximum absolute atomic E-state index is 0. The van der Waals surface area contributed by atoms with Gasteiger partial charge in [-0.2, -0.15) is 0 Å². The van der Waals surface area contributed by atoms with Gasteiger partial charge in [0.05, 0.1) is 0 Å². The summed E-state index contributed by atoms with van der Waals surface area (Å²) in [6.45, 7) is 0. The normalized spacial score (nSPS) is 0. The van der Waals surface area contributed by atoms with Crippen LogP contribution in [-0.2, 0) is 119 Å². The Morgan fingerprint density at radius 2 is 0.333 bits per heavy atom. The first-order valence-electron chi connectivity index (χ1n) is 0. The molecule has 0 aromatic carbocycles. The van der Waals surface area contributed by atoms with Crippen molar-refractivity contribution in [2.75, 3.05) is 0 Å². The number of hydrogen-bond acceptors (Lipinski definition) is 0. The molecule has 0 aliphatic heterocycles. The molecule has 0 radical (unpaired) electrons. The van der Waals surface area contributed by atoms with Crippen LogP contribution < -0.4 is 0 Å². The van der Waals surface area contributed by atoms with Crippen LogP contribution in [0.4, 0.5) is 0 Å². The second kappa shape index (κ2) is 74.6. The Labute approximate surface area is 162 Å². The van der Waals surface area contributed by atoms with Gasteiger partial charge in [-0.3, -0.25) is 0 Å². The molecule has 0 aromatic rings. The van der Waals surface area contributed by atoms with Gasteiger partial charge in [-0.1, -0.05) is 0 Å². The molecular weight excluding hydrogens is 299 g/mol. The van der Waals surface area contributed by atoms with E-state index >= 15 is 0 Å². The molecule has 0 saturated carbocycles. The summed E-state index contributed by atoms with van der Waals surface area (Å²) < 4.78 is 0. The van der Waals surface area contributed by atoms with E-state index in [1.54, 1.807) is 0 Å². The Kier molecular flexibility index (Phi) is 782. The van der Waals surface area contributed by atoms with E-state index in [1.807, 2.05) is 0 Å². The predicted octanol–water partition coefficient (Wildman–Crippen LogP) is -0.779. The van der Waals surface area contributed by atoms with Crippen LogP contribution in [0, 0.1) is 0 Å². The van der Waals surface area contributed by atoms with Crippen LogP contribution in [0.1, 0.15) is 0 Å². The minimum Gasteiger partial charge on any atom is -2.00 e. The molecule has 0 amide bonds. The van der Waals surface area contributed by atoms with Crippen molar-refractivity contribution in [1.82, 2.24) is 0 Å². The van der Waals surface area contributed by atoms with Gasteiger partial charge in [0.2, 0.25) is 0 Å². The Morgan fingerprint density at radius 3 is 0.333 bits per heavy atom. The molecule has 0 rings (SSSR count). The van der Waals surface area contributed by atoms with Crippen molar-refractivity contribution < 1.29 is 51.7 Å². The molecule has 0 spiro atoms. The van der Waals surface area contributed by atoms with Gasteiger partial charge in [0, 0.05) is 0 Å². The number of rotatable bonds is 0. The molecule has 0 heterocycles. The number of hydrogen-bond donors (Lipinski definition) is 0. The second-order valence-electron chi connectivity index (χ2n) is 0. The summed E-state index contributed by atoms with van der Waals surface area (Å²) in [5.74, 6) is 0. The summed E-state index contributed by atoms with van der Waals surface area (Å²) in [4.78, 5) is 0. The van der Waals surface area contributed by atoms with Crippen LogP contribution in [0.3, 0.4) is 0 Å². The minimum absolute atomic E-state index is 0. The van der Waals surface area contributed by atoms with E-state index in [0.29, 0.717) is 0 Å². The van der Waals surface area contributed by atoms with Gasteiger partial charge in [-0.05, 0) is 0 Å². The third-order valence-electron chi connectivity index (χ3n) is 0. The summed E-state index contributed by atoms with van der Waals surface area (Å²) >= 11 is 0. The van der Waals surface area contributed by atoms with E-state index in [1.165, 1.54) is 0 Å². The summed E-state index contributed by atoms with van der Waals surface area (Å²) in [6, 6.07) is 0. The third-order valence-corrected chi connectivity index (χ3v) is 0. The summed E-state index contributed by atoms with van der Waals surface area (Å²) in [7, 11) is 0. The Hall–Kier alpha value is 5.02. The van der Waals surface area contributed by atoms with Crippen LogP contribution >= 0.6 is 0 Å². The van der Waals surface area contributed by atoms with Crippen LogP contribution in [0.5, 0.6) is 0 Å². The zero-order valence-corrected chi connectivity index (χ0v) is 15.1. The molecule has 40 valence electrons. The van der Waals surface area contributed by atoms with Gasteiger partial charge in [0.1, 0.15) is 0 Å². The quantitative estimate of drug-likeness (QED) is 0.515. The van der Waals surface area contributed by atoms with Gasteiger partial charge >= 0.3 is 97.8 Å². The SMILES string of the molecule is [Mg+2].[Mg+2].[S-2].[S-2].[S-2].[S-2].[S-2].[Sc+3].[Sc+3]. The molecule has 0 aliphatic carbocycles. The van der Waals surface area contributed by atoms with E-state index < -0.39 is 0 Å². The second-order valence-corrected chi connectivity index (χ2v) is 0. The van der Waals surface area contributed by atoms with Crippen molar-refractivity contribution >= 4 is 114 Å².